The van der Waals surface area contributed by atoms with Crippen LogP contribution in [0, 0.1) is 12.8 Å². The first-order valence-electron chi connectivity index (χ1n) is 5.96. The second-order valence-electron chi connectivity index (χ2n) is 4.65. The van der Waals surface area contributed by atoms with Crippen molar-refractivity contribution in [1.82, 2.24) is 10.3 Å². The van der Waals surface area contributed by atoms with Crippen LogP contribution >= 0.6 is 0 Å². The summed E-state index contributed by atoms with van der Waals surface area (Å²) in [4.78, 5) is 26.4. The van der Waals surface area contributed by atoms with E-state index in [1.54, 1.807) is 26.2 Å². The van der Waals surface area contributed by atoms with Gasteiger partial charge >= 0.3 is 12.1 Å². The first-order chi connectivity index (χ1) is 8.90. The number of carboxylic acid groups (broad SMARTS) is 1. The van der Waals surface area contributed by atoms with Crippen LogP contribution < -0.4 is 5.32 Å². The smallest absolute Gasteiger partial charge is 0.408 e. The van der Waals surface area contributed by atoms with Gasteiger partial charge in [0.05, 0.1) is 0 Å². The van der Waals surface area contributed by atoms with Crippen LogP contribution in [-0.2, 0) is 16.1 Å². The number of aromatic nitrogens is 1. The third kappa shape index (κ3) is 4.95. The average molecular weight is 266 g/mol. The summed E-state index contributed by atoms with van der Waals surface area (Å²) in [5.41, 5.74) is 1.72. The first-order valence-corrected chi connectivity index (χ1v) is 5.96. The lowest BCUT2D eigenvalue weighted by atomic mass is 10.1. The number of hydrogen-bond donors (Lipinski definition) is 2. The van der Waals surface area contributed by atoms with Crippen molar-refractivity contribution in [3.05, 3.63) is 29.6 Å². The molecule has 0 spiro atoms. The second-order valence-corrected chi connectivity index (χ2v) is 4.65. The van der Waals surface area contributed by atoms with Gasteiger partial charge in [0.15, 0.2) is 0 Å². The van der Waals surface area contributed by atoms with Gasteiger partial charge in [-0.15, -0.1) is 0 Å². The summed E-state index contributed by atoms with van der Waals surface area (Å²) in [6.07, 6.45) is 2.54. The van der Waals surface area contributed by atoms with Crippen LogP contribution in [0.25, 0.3) is 0 Å². The quantitative estimate of drug-likeness (QED) is 0.847. The van der Waals surface area contributed by atoms with E-state index in [1.165, 1.54) is 0 Å². The highest BCUT2D eigenvalue weighted by molar-refractivity contribution is 5.80. The van der Waals surface area contributed by atoms with Crippen molar-refractivity contribution in [1.29, 1.82) is 0 Å². The van der Waals surface area contributed by atoms with E-state index in [9.17, 15) is 9.59 Å². The Labute approximate surface area is 111 Å². The maximum Gasteiger partial charge on any atom is 0.408 e. The molecule has 1 aromatic heterocycles. The van der Waals surface area contributed by atoms with E-state index >= 15 is 0 Å². The SMILES string of the molecule is Cc1cncc(COC(=O)N[C@H](C(=O)O)C(C)C)c1. The molecule has 0 bridgehead atoms. The van der Waals surface area contributed by atoms with Gasteiger partial charge in [0.25, 0.3) is 0 Å². The Morgan fingerprint density at radius 1 is 1.42 bits per heavy atom. The standard InChI is InChI=1S/C13H18N2O4/c1-8(2)11(12(16)17)15-13(18)19-7-10-4-9(3)5-14-6-10/h4-6,8,11H,7H2,1-3H3,(H,15,18)(H,16,17)/t11-/m0/s1. The van der Waals surface area contributed by atoms with Crippen molar-refractivity contribution in [3.63, 3.8) is 0 Å². The van der Waals surface area contributed by atoms with Crippen molar-refractivity contribution >= 4 is 12.1 Å². The topological polar surface area (TPSA) is 88.5 Å². The third-order valence-electron chi connectivity index (χ3n) is 2.51. The summed E-state index contributed by atoms with van der Waals surface area (Å²) in [6, 6.07) is 0.889. The molecule has 6 heteroatoms. The van der Waals surface area contributed by atoms with Crippen molar-refractivity contribution in [2.75, 3.05) is 0 Å². The van der Waals surface area contributed by atoms with Crippen LogP contribution in [0.3, 0.4) is 0 Å². The molecule has 1 amide bonds. The molecule has 0 saturated carbocycles. The van der Waals surface area contributed by atoms with E-state index in [0.29, 0.717) is 0 Å². The summed E-state index contributed by atoms with van der Waals surface area (Å²) in [5, 5.41) is 11.3. The van der Waals surface area contributed by atoms with Crippen molar-refractivity contribution in [2.24, 2.45) is 5.92 Å². The molecule has 0 unspecified atom stereocenters. The van der Waals surface area contributed by atoms with E-state index in [1.807, 2.05) is 13.0 Å². The minimum absolute atomic E-state index is 0.0605. The van der Waals surface area contributed by atoms with Crippen molar-refractivity contribution < 1.29 is 19.4 Å². The normalized spacial score (nSPS) is 12.0. The Morgan fingerprint density at radius 3 is 2.63 bits per heavy atom. The monoisotopic (exact) mass is 266 g/mol. The Balaban J connectivity index is 2.49. The Morgan fingerprint density at radius 2 is 2.11 bits per heavy atom. The van der Waals surface area contributed by atoms with Gasteiger partial charge in [-0.25, -0.2) is 9.59 Å². The highest BCUT2D eigenvalue weighted by Crippen LogP contribution is 2.05. The summed E-state index contributed by atoms with van der Waals surface area (Å²) < 4.78 is 4.96. The molecule has 0 aliphatic carbocycles. The number of amides is 1. The molecule has 0 saturated heterocycles. The molecule has 1 heterocycles. The van der Waals surface area contributed by atoms with Gasteiger partial charge in [0.2, 0.25) is 0 Å². The van der Waals surface area contributed by atoms with Gasteiger partial charge in [0, 0.05) is 18.0 Å². The Bertz CT molecular complexity index is 460. The minimum atomic E-state index is -1.08. The van der Waals surface area contributed by atoms with Crippen LogP contribution in [0.1, 0.15) is 25.0 Å². The maximum atomic E-state index is 11.5. The molecular formula is C13H18N2O4. The molecule has 1 rings (SSSR count). The zero-order chi connectivity index (χ0) is 14.4. The number of hydrogen-bond acceptors (Lipinski definition) is 4. The fourth-order valence-electron chi connectivity index (χ4n) is 1.53. The maximum absolute atomic E-state index is 11.5. The molecule has 1 atom stereocenters. The highest BCUT2D eigenvalue weighted by atomic mass is 16.5. The number of nitrogens with zero attached hydrogens (tertiary/aromatic N) is 1. The Hall–Kier alpha value is -2.11. The zero-order valence-electron chi connectivity index (χ0n) is 11.2. The van der Waals surface area contributed by atoms with E-state index in [2.05, 4.69) is 10.3 Å². The van der Waals surface area contributed by atoms with Crippen LogP contribution in [0.4, 0.5) is 4.79 Å². The lowest BCUT2D eigenvalue weighted by molar-refractivity contribution is -0.140. The fraction of sp³-hybridized carbons (Fsp3) is 0.462. The molecule has 0 aliphatic heterocycles. The summed E-state index contributed by atoms with van der Waals surface area (Å²) in [5.74, 6) is -1.30. The largest absolute Gasteiger partial charge is 0.480 e. The number of aliphatic carboxylic acids is 1. The van der Waals surface area contributed by atoms with Crippen molar-refractivity contribution in [3.8, 4) is 0 Å². The molecule has 0 aliphatic rings. The van der Waals surface area contributed by atoms with E-state index < -0.39 is 18.1 Å². The number of rotatable bonds is 5. The van der Waals surface area contributed by atoms with Gasteiger partial charge < -0.3 is 15.2 Å². The molecule has 0 fully saturated rings. The van der Waals surface area contributed by atoms with Gasteiger partial charge in [0.1, 0.15) is 12.6 Å². The summed E-state index contributed by atoms with van der Waals surface area (Å²) >= 11 is 0. The summed E-state index contributed by atoms with van der Waals surface area (Å²) in [6.45, 7) is 5.37. The molecule has 1 aromatic rings. The number of carbonyl (C=O) groups is 2. The van der Waals surface area contributed by atoms with Crippen LogP contribution in [0.15, 0.2) is 18.5 Å². The molecule has 104 valence electrons. The van der Waals surface area contributed by atoms with Crippen LogP contribution in [-0.4, -0.2) is 28.2 Å². The van der Waals surface area contributed by atoms with Gasteiger partial charge in [-0.1, -0.05) is 13.8 Å². The fourth-order valence-corrected chi connectivity index (χ4v) is 1.53. The average Bonchev–Trinajstić information content (AvgIpc) is 2.32. The molecule has 0 aromatic carbocycles. The number of carbonyl (C=O) groups excluding carboxylic acids is 1. The lowest BCUT2D eigenvalue weighted by Crippen LogP contribution is -2.44. The number of pyridine rings is 1. The Kier molecular flexibility index (Phi) is 5.29. The second kappa shape index (κ2) is 6.72. The molecule has 19 heavy (non-hydrogen) atoms. The number of aryl methyl sites for hydroxylation is 1. The summed E-state index contributed by atoms with van der Waals surface area (Å²) in [7, 11) is 0. The molecule has 2 N–H and O–H groups in total. The number of ether oxygens (including phenoxy) is 1. The number of nitrogens with one attached hydrogen (secondary N) is 1. The minimum Gasteiger partial charge on any atom is -0.480 e. The van der Waals surface area contributed by atoms with E-state index in [-0.39, 0.29) is 12.5 Å². The van der Waals surface area contributed by atoms with E-state index in [0.717, 1.165) is 11.1 Å². The molecule has 6 nitrogen and oxygen atoms in total. The number of carboxylic acids is 1. The van der Waals surface area contributed by atoms with Gasteiger partial charge in [-0.05, 0) is 24.5 Å². The van der Waals surface area contributed by atoms with Crippen LogP contribution in [0.2, 0.25) is 0 Å². The third-order valence-corrected chi connectivity index (χ3v) is 2.51. The predicted molar refractivity (Wildman–Crippen MR) is 68.6 cm³/mol. The van der Waals surface area contributed by atoms with Crippen LogP contribution in [0.5, 0.6) is 0 Å². The zero-order valence-corrected chi connectivity index (χ0v) is 11.2. The molecule has 0 radical (unpaired) electrons. The van der Waals surface area contributed by atoms with Gasteiger partial charge in [-0.2, -0.15) is 0 Å². The predicted octanol–water partition coefficient (Wildman–Crippen LogP) is 1.73. The highest BCUT2D eigenvalue weighted by Gasteiger charge is 2.23. The van der Waals surface area contributed by atoms with Gasteiger partial charge in [-0.3, -0.25) is 4.98 Å². The number of alkyl carbamates (subject to hydrolysis) is 1. The molecular weight excluding hydrogens is 248 g/mol. The van der Waals surface area contributed by atoms with E-state index in [4.69, 9.17) is 9.84 Å². The first kappa shape index (κ1) is 14.9. The van der Waals surface area contributed by atoms with Crippen molar-refractivity contribution in [2.45, 2.75) is 33.4 Å². The lowest BCUT2D eigenvalue weighted by Gasteiger charge is -2.17.